The van der Waals surface area contributed by atoms with Gasteiger partial charge in [-0.05, 0) is 45.4 Å². The van der Waals surface area contributed by atoms with Crippen LogP contribution in [0.2, 0.25) is 0 Å². The summed E-state index contributed by atoms with van der Waals surface area (Å²) in [4.78, 5) is 8.89. The predicted molar refractivity (Wildman–Crippen MR) is 205 cm³/mol. The van der Waals surface area contributed by atoms with E-state index in [-0.39, 0.29) is 6.61 Å². The molecule has 1 aromatic rings. The average Bonchev–Trinajstić information content (AvgIpc) is 3.46. The molecule has 1 rings (SSSR count). The fourth-order valence-corrected chi connectivity index (χ4v) is 11.0. The van der Waals surface area contributed by atoms with E-state index in [1.807, 2.05) is 7.05 Å². The van der Waals surface area contributed by atoms with E-state index in [0.717, 1.165) is 26.3 Å². The third kappa shape index (κ3) is 41.2. The molecular weight excluding hydrogens is 643 g/mol. The number of aliphatic carboxylic acids is 1. The second-order valence-electron chi connectivity index (χ2n) is 13.2. The zero-order chi connectivity index (χ0) is 36.9. The Labute approximate surface area is 299 Å². The summed E-state index contributed by atoms with van der Waals surface area (Å²) in [6, 6.07) is 0. The molecule has 0 saturated heterocycles. The van der Waals surface area contributed by atoms with Crippen molar-refractivity contribution in [1.29, 1.82) is 0 Å². The molecule has 48 heavy (non-hydrogen) atoms. The summed E-state index contributed by atoms with van der Waals surface area (Å²) >= 11 is 0. The molecule has 288 valence electrons. The van der Waals surface area contributed by atoms with Crippen LogP contribution in [0.15, 0.2) is 18.7 Å². The molecule has 0 radical (unpaired) electrons. The van der Waals surface area contributed by atoms with Crippen LogP contribution in [0.25, 0.3) is 0 Å². The largest absolute Gasteiger partial charge is 0.726 e. The number of unbranched alkanes of at least 4 members (excludes halogenated alkanes) is 14. The van der Waals surface area contributed by atoms with Crippen LogP contribution < -0.4 is 9.67 Å². The molecule has 8 nitrogen and oxygen atoms in total. The maximum Gasteiger partial charge on any atom is 0.243 e. The van der Waals surface area contributed by atoms with Crippen molar-refractivity contribution >= 4 is 23.6 Å². The van der Waals surface area contributed by atoms with Gasteiger partial charge in [-0.25, -0.2) is 17.6 Å². The number of hydrogen-bond acceptors (Lipinski definition) is 6. The Morgan fingerprint density at radius 3 is 1.33 bits per heavy atom. The van der Waals surface area contributed by atoms with Gasteiger partial charge < -0.3 is 14.5 Å². The lowest BCUT2D eigenvalue weighted by atomic mass is 10.1. The molecule has 0 atom stereocenters. The Hall–Kier alpha value is -1.02. The molecule has 0 amide bonds. The highest BCUT2D eigenvalue weighted by Gasteiger charge is 2.34. The maximum atomic E-state index is 10.1. The Bertz CT molecular complexity index is 869. The topological polar surface area (TPSA) is 115 Å². The summed E-state index contributed by atoms with van der Waals surface area (Å²) in [7, 11) is -3.00. The van der Waals surface area contributed by atoms with Crippen LogP contribution in [-0.4, -0.2) is 54.8 Å². The SMILES string of the molecule is CC(=O)[O-].CCCCCCCCCCCCOS(=O)(=O)[O-].CCCC[P+](CCCC)(CCCC)CCCC.CCCCn1cc[n+](C)c1. The first-order valence-electron chi connectivity index (χ1n) is 19.5. The van der Waals surface area contributed by atoms with Crippen LogP contribution in [0, 0.1) is 0 Å². The molecule has 10 heteroatoms. The fourth-order valence-electron chi connectivity index (χ4n) is 5.37. The molecule has 0 spiro atoms. The molecule has 0 fully saturated rings. The second kappa shape index (κ2) is 37.2. The monoisotopic (exact) mass is 723 g/mol. The first kappa shape index (κ1) is 51.4. The summed E-state index contributed by atoms with van der Waals surface area (Å²) in [5.74, 6) is -1.08. The molecule has 0 N–H and O–H groups in total. The highest BCUT2D eigenvalue weighted by Crippen LogP contribution is 2.61. The summed E-state index contributed by atoms with van der Waals surface area (Å²) in [6.45, 7) is 16.0. The van der Waals surface area contributed by atoms with E-state index in [2.05, 4.69) is 73.6 Å². The lowest BCUT2D eigenvalue weighted by Gasteiger charge is -2.28. The van der Waals surface area contributed by atoms with E-state index in [9.17, 15) is 13.0 Å². The van der Waals surface area contributed by atoms with Gasteiger partial charge in [0, 0.05) is 13.2 Å². The van der Waals surface area contributed by atoms with E-state index in [1.165, 1.54) is 109 Å². The highest BCUT2D eigenvalue weighted by atomic mass is 32.3. The van der Waals surface area contributed by atoms with Crippen LogP contribution in [-0.2, 0) is 33.0 Å². The molecule has 1 aromatic heterocycles. The van der Waals surface area contributed by atoms with Gasteiger partial charge in [0.25, 0.3) is 0 Å². The van der Waals surface area contributed by atoms with Crippen LogP contribution in [0.1, 0.15) is 177 Å². The van der Waals surface area contributed by atoms with Crippen molar-refractivity contribution in [1.82, 2.24) is 4.57 Å². The average molecular weight is 723 g/mol. The number of hydrogen-bond donors (Lipinski definition) is 0. The molecule has 1 heterocycles. The number of aryl methyl sites for hydroxylation is 2. The molecule has 0 unspecified atom stereocenters. The van der Waals surface area contributed by atoms with E-state index in [1.54, 1.807) is 24.6 Å². The van der Waals surface area contributed by atoms with Crippen molar-refractivity contribution in [2.24, 2.45) is 7.05 Å². The van der Waals surface area contributed by atoms with Gasteiger partial charge in [0.05, 0.1) is 44.8 Å². The Morgan fingerprint density at radius 1 is 0.667 bits per heavy atom. The smallest absolute Gasteiger partial charge is 0.243 e. The minimum Gasteiger partial charge on any atom is -0.726 e. The van der Waals surface area contributed by atoms with E-state index < -0.39 is 23.6 Å². The normalized spacial score (nSPS) is 11.1. The third-order valence-electron chi connectivity index (χ3n) is 8.26. The van der Waals surface area contributed by atoms with Crippen LogP contribution >= 0.6 is 7.26 Å². The standard InChI is InChI=1S/C16H36P.C12H26O4S.C8H15N2.C2H4O2/c1-5-9-13-17(14-10-6-2,15-11-7-3)16-12-8-4;1-2-3-4-5-6-7-8-9-10-11-12-16-17(13,14)15;1-3-4-5-10-7-6-9(2)8-10;1-2(3)4/h5-16H2,1-4H3;2-12H2,1H3,(H,13,14,15);6-8H,3-5H2,1-2H3;1H3,(H,3,4)/q+1;;+1;/p-2. The van der Waals surface area contributed by atoms with Gasteiger partial charge in [-0.1, -0.05) is 131 Å². The highest BCUT2D eigenvalue weighted by molar-refractivity contribution is 7.80. The summed E-state index contributed by atoms with van der Waals surface area (Å²) in [5, 5.41) is 8.89. The molecule has 0 aromatic carbocycles. The van der Waals surface area contributed by atoms with Gasteiger partial charge in [-0.15, -0.1) is 0 Å². The molecular formula is C38H79N2O6PS. The van der Waals surface area contributed by atoms with Crippen LogP contribution in [0.5, 0.6) is 0 Å². The maximum absolute atomic E-state index is 10.1. The van der Waals surface area contributed by atoms with Crippen molar-refractivity contribution in [3.05, 3.63) is 18.7 Å². The molecule has 0 saturated carbocycles. The van der Waals surface area contributed by atoms with Gasteiger partial charge in [0.15, 0.2) is 0 Å². The minimum atomic E-state index is -4.48. The van der Waals surface area contributed by atoms with Crippen molar-refractivity contribution in [2.45, 2.75) is 183 Å². The molecule has 0 aliphatic rings. The van der Waals surface area contributed by atoms with Gasteiger partial charge >= 0.3 is 0 Å². The lowest BCUT2D eigenvalue weighted by molar-refractivity contribution is -0.671. The van der Waals surface area contributed by atoms with Gasteiger partial charge in [-0.3, -0.25) is 4.18 Å². The van der Waals surface area contributed by atoms with Crippen molar-refractivity contribution in [2.75, 3.05) is 31.3 Å². The third-order valence-corrected chi connectivity index (χ3v) is 13.8. The molecule has 0 aliphatic carbocycles. The number of carboxylic acid groups (broad SMARTS) is 1. The van der Waals surface area contributed by atoms with Crippen LogP contribution in [0.4, 0.5) is 0 Å². The number of carbonyl (C=O) groups excluding carboxylic acids is 1. The number of aromatic nitrogens is 2. The first-order chi connectivity index (χ1) is 22.9. The number of rotatable bonds is 27. The Morgan fingerprint density at radius 2 is 1.02 bits per heavy atom. The quantitative estimate of drug-likeness (QED) is 0.0294. The van der Waals surface area contributed by atoms with E-state index in [4.69, 9.17) is 9.90 Å². The number of carbonyl (C=O) groups is 1. The van der Waals surface area contributed by atoms with Crippen molar-refractivity contribution in [3.63, 3.8) is 0 Å². The zero-order valence-electron chi connectivity index (χ0n) is 32.8. The van der Waals surface area contributed by atoms with Crippen molar-refractivity contribution in [3.8, 4) is 0 Å². The fraction of sp³-hybridized carbons (Fsp3) is 0.895. The second-order valence-corrected chi connectivity index (χ2v) is 18.7. The lowest BCUT2D eigenvalue weighted by Crippen LogP contribution is -2.23. The minimum absolute atomic E-state index is 0.0301. The number of nitrogens with zero attached hydrogens (tertiary/aromatic N) is 2. The Kier molecular flexibility index (Phi) is 39.8. The van der Waals surface area contributed by atoms with Gasteiger partial charge in [-0.2, -0.15) is 0 Å². The predicted octanol–water partition coefficient (Wildman–Crippen LogP) is 9.46. The van der Waals surface area contributed by atoms with Gasteiger partial charge in [0.2, 0.25) is 16.7 Å². The van der Waals surface area contributed by atoms with E-state index in [0.29, 0.717) is 6.42 Å². The van der Waals surface area contributed by atoms with E-state index >= 15 is 0 Å². The summed E-state index contributed by atoms with van der Waals surface area (Å²) in [5.41, 5.74) is 0. The number of imidazole rings is 1. The first-order valence-corrected chi connectivity index (χ1v) is 23.4. The zero-order valence-corrected chi connectivity index (χ0v) is 34.5. The van der Waals surface area contributed by atoms with Crippen molar-refractivity contribution < 1.29 is 31.6 Å². The molecule has 0 bridgehead atoms. The van der Waals surface area contributed by atoms with Gasteiger partial charge in [0.1, 0.15) is 12.4 Å². The number of carboxylic acids is 1. The Balaban J connectivity index is -0.000000614. The van der Waals surface area contributed by atoms with Crippen LogP contribution in [0.3, 0.4) is 0 Å². The summed E-state index contributed by atoms with van der Waals surface area (Å²) < 4.78 is 38.7. The molecule has 0 aliphatic heterocycles. The summed E-state index contributed by atoms with van der Waals surface area (Å²) in [6.07, 6.45) is 38.5.